The van der Waals surface area contributed by atoms with Crippen LogP contribution >= 0.6 is 0 Å². The van der Waals surface area contributed by atoms with Gasteiger partial charge < -0.3 is 0 Å². The van der Waals surface area contributed by atoms with Gasteiger partial charge in [-0.3, -0.25) is 0 Å². The van der Waals surface area contributed by atoms with Crippen LogP contribution in [0.5, 0.6) is 0 Å². The lowest BCUT2D eigenvalue weighted by Crippen LogP contribution is -2.52. The van der Waals surface area contributed by atoms with Gasteiger partial charge >= 0.3 is 0 Å². The molecule has 0 saturated heterocycles. The summed E-state index contributed by atoms with van der Waals surface area (Å²) in [6.45, 7) is 15.4. The van der Waals surface area contributed by atoms with E-state index < -0.39 is 24.2 Å². The molecule has 4 aromatic rings. The van der Waals surface area contributed by atoms with Crippen LogP contribution in [0.4, 0.5) is 0 Å². The molecule has 4 aromatic carbocycles. The molecule has 0 spiro atoms. The summed E-state index contributed by atoms with van der Waals surface area (Å²) in [5.41, 5.74) is 0. The van der Waals surface area contributed by atoms with Gasteiger partial charge in [-0.15, -0.1) is 0 Å². The second-order valence-corrected chi connectivity index (χ2v) is 23.6. The van der Waals surface area contributed by atoms with E-state index >= 15 is 0 Å². The number of rotatable bonds is 0. The van der Waals surface area contributed by atoms with Crippen LogP contribution in [-0.4, -0.2) is 24.2 Å². The lowest BCUT2D eigenvalue weighted by Gasteiger charge is -2.22. The van der Waals surface area contributed by atoms with Gasteiger partial charge in [0.05, 0.1) is 0 Å². The maximum absolute atomic E-state index is 2.57. The van der Waals surface area contributed by atoms with Crippen molar-refractivity contribution in [2.75, 3.05) is 0 Å². The minimum Gasteiger partial charge on any atom is -0.0620 e. The fraction of sp³-hybridized carbons (Fsp3) is 0.250. The molecule has 0 N–H and O–H groups in total. The first-order valence-electron chi connectivity index (χ1n) is 10.2. The molecule has 0 saturated carbocycles. The van der Waals surface area contributed by atoms with Gasteiger partial charge in [0.15, 0.2) is 0 Å². The highest BCUT2D eigenvalue weighted by Gasteiger charge is 2.47. The molecular formula is C24H24Si3. The van der Waals surface area contributed by atoms with Crippen molar-refractivity contribution in [1.82, 2.24) is 0 Å². The third-order valence-electron chi connectivity index (χ3n) is 8.41. The van der Waals surface area contributed by atoms with Crippen molar-refractivity contribution in [2.45, 2.75) is 39.3 Å². The van der Waals surface area contributed by atoms with Gasteiger partial charge in [0.25, 0.3) is 0 Å². The van der Waals surface area contributed by atoms with Crippen LogP contribution < -0.4 is 31.1 Å². The van der Waals surface area contributed by atoms with Crippen molar-refractivity contribution >= 4 is 87.7 Å². The summed E-state index contributed by atoms with van der Waals surface area (Å²) in [4.78, 5) is 0. The molecule has 0 unspecified atom stereocenters. The first kappa shape index (κ1) is 15.3. The van der Waals surface area contributed by atoms with E-state index in [0.717, 1.165) is 0 Å². The van der Waals surface area contributed by atoms with Crippen molar-refractivity contribution in [3.05, 3.63) is 36.4 Å². The minimum absolute atomic E-state index is 1.60. The van der Waals surface area contributed by atoms with Gasteiger partial charge in [-0.2, -0.15) is 0 Å². The summed E-state index contributed by atoms with van der Waals surface area (Å²) in [5.74, 6) is 0. The maximum atomic E-state index is 2.57. The molecule has 3 aliphatic rings. The Morgan fingerprint density at radius 3 is 0.630 bits per heavy atom. The zero-order valence-corrected chi connectivity index (χ0v) is 20.0. The smallest absolute Gasteiger partial charge is 0.0620 e. The van der Waals surface area contributed by atoms with Crippen molar-refractivity contribution in [2.24, 2.45) is 0 Å². The first-order chi connectivity index (χ1) is 12.7. The molecular weight excluding hydrogens is 373 g/mol. The van der Waals surface area contributed by atoms with E-state index in [0.29, 0.717) is 0 Å². The standard InChI is InChI=1S/C24H24Si3/c1-25(2)13-7-9-15-21-19(13)20-14(25)8-10-16-22(20)24-18(27(16,5)6)12-11-17(23(21)24)26(15,3)4/h7-12H,1-6H3. The summed E-state index contributed by atoms with van der Waals surface area (Å²) < 4.78 is 0. The molecule has 132 valence electrons. The van der Waals surface area contributed by atoms with Crippen LogP contribution in [0.25, 0.3) is 32.3 Å². The average molecular weight is 397 g/mol. The minimum atomic E-state index is -1.60. The summed E-state index contributed by atoms with van der Waals surface area (Å²) in [5, 5.41) is 20.2. The molecule has 0 aromatic heterocycles. The Bertz CT molecular complexity index is 1130. The second-order valence-electron chi connectivity index (χ2n) is 10.6. The Balaban J connectivity index is 1.97. The van der Waals surface area contributed by atoms with Crippen LogP contribution in [0.1, 0.15) is 0 Å². The van der Waals surface area contributed by atoms with Crippen molar-refractivity contribution < 1.29 is 0 Å². The molecule has 7 rings (SSSR count). The molecule has 3 heteroatoms. The quantitative estimate of drug-likeness (QED) is 0.317. The van der Waals surface area contributed by atoms with Crippen LogP contribution in [0, 0.1) is 0 Å². The van der Waals surface area contributed by atoms with E-state index in [-0.39, 0.29) is 0 Å². The zero-order chi connectivity index (χ0) is 18.7. The topological polar surface area (TPSA) is 0 Å². The first-order valence-corrected chi connectivity index (χ1v) is 19.2. The van der Waals surface area contributed by atoms with E-state index in [1.54, 1.807) is 63.4 Å². The summed E-state index contributed by atoms with van der Waals surface area (Å²) in [6, 6.07) is 15.2. The van der Waals surface area contributed by atoms with E-state index in [4.69, 9.17) is 0 Å². The molecule has 3 heterocycles. The number of hydrogen-bond acceptors (Lipinski definition) is 0. The van der Waals surface area contributed by atoms with Gasteiger partial charge in [0, 0.05) is 0 Å². The molecule has 0 nitrogen and oxygen atoms in total. The monoisotopic (exact) mass is 396 g/mol. The van der Waals surface area contributed by atoms with Crippen molar-refractivity contribution in [3.63, 3.8) is 0 Å². The van der Waals surface area contributed by atoms with Crippen molar-refractivity contribution in [1.29, 1.82) is 0 Å². The lowest BCUT2D eigenvalue weighted by molar-refractivity contribution is 1.80. The molecule has 0 atom stereocenters. The highest BCUT2D eigenvalue weighted by molar-refractivity contribution is 7.12. The fourth-order valence-corrected chi connectivity index (χ4v) is 16.0. The molecule has 0 fully saturated rings. The largest absolute Gasteiger partial charge is 0.113 e. The Morgan fingerprint density at radius 2 is 0.481 bits per heavy atom. The normalized spacial score (nSPS) is 21.1. The van der Waals surface area contributed by atoms with E-state index in [1.165, 1.54) is 0 Å². The van der Waals surface area contributed by atoms with Crippen molar-refractivity contribution in [3.8, 4) is 0 Å². The Hall–Kier alpha value is -1.69. The molecule has 0 aliphatic carbocycles. The van der Waals surface area contributed by atoms with E-state index in [2.05, 4.69) is 75.7 Å². The molecule has 0 bridgehead atoms. The predicted octanol–water partition coefficient (Wildman–Crippen LogP) is 2.55. The van der Waals surface area contributed by atoms with Crippen LogP contribution in [-0.2, 0) is 0 Å². The van der Waals surface area contributed by atoms with E-state index in [1.807, 2.05) is 0 Å². The highest BCUT2D eigenvalue weighted by Crippen LogP contribution is 2.42. The van der Waals surface area contributed by atoms with Crippen LogP contribution in [0.2, 0.25) is 39.3 Å². The number of hydrogen-bond donors (Lipinski definition) is 0. The summed E-state index contributed by atoms with van der Waals surface area (Å²) in [7, 11) is -4.81. The van der Waals surface area contributed by atoms with Crippen LogP contribution in [0.15, 0.2) is 36.4 Å². The number of benzene rings is 4. The van der Waals surface area contributed by atoms with Gasteiger partial charge in [-0.1, -0.05) is 75.7 Å². The second kappa shape index (κ2) is 3.89. The summed E-state index contributed by atoms with van der Waals surface area (Å²) in [6.07, 6.45) is 0. The average Bonchev–Trinajstić information content (AvgIpc) is 3.10. The SMILES string of the molecule is C[Si]1(C)c2ccc3c4c2c2c1ccc1c2c2c(ccc(c42)[Si]3(C)C)[Si]1(C)C. The Morgan fingerprint density at radius 1 is 0.333 bits per heavy atom. The maximum Gasteiger partial charge on any atom is 0.113 e. The van der Waals surface area contributed by atoms with Gasteiger partial charge in [0.1, 0.15) is 24.2 Å². The van der Waals surface area contributed by atoms with E-state index in [9.17, 15) is 0 Å². The predicted molar refractivity (Wildman–Crippen MR) is 129 cm³/mol. The van der Waals surface area contributed by atoms with Crippen LogP contribution in [0.3, 0.4) is 0 Å². The Kier molecular flexibility index (Phi) is 2.20. The Labute approximate surface area is 163 Å². The van der Waals surface area contributed by atoms with Gasteiger partial charge in [-0.05, 0) is 63.4 Å². The molecule has 0 radical (unpaired) electrons. The molecule has 3 aliphatic heterocycles. The zero-order valence-electron chi connectivity index (χ0n) is 17.0. The highest BCUT2D eigenvalue weighted by atomic mass is 28.3. The fourth-order valence-electron chi connectivity index (χ4n) is 6.93. The molecule has 27 heavy (non-hydrogen) atoms. The lowest BCUT2D eigenvalue weighted by atomic mass is 9.95. The summed E-state index contributed by atoms with van der Waals surface area (Å²) >= 11 is 0. The van der Waals surface area contributed by atoms with Gasteiger partial charge in [-0.25, -0.2) is 0 Å². The third kappa shape index (κ3) is 1.28. The van der Waals surface area contributed by atoms with Gasteiger partial charge in [0.2, 0.25) is 0 Å². The molecule has 0 amide bonds. The third-order valence-corrected chi connectivity index (χ3v) is 19.0.